The molecule has 1 saturated heterocycles. The number of carbonyl (C=O) groups excluding carboxylic acids is 1. The van der Waals surface area contributed by atoms with Crippen LogP contribution >= 0.6 is 0 Å². The van der Waals surface area contributed by atoms with Crippen molar-refractivity contribution in [3.8, 4) is 22.7 Å². The Labute approximate surface area is 177 Å². The molecule has 1 aliphatic heterocycles. The predicted octanol–water partition coefficient (Wildman–Crippen LogP) is 3.93. The number of para-hydroxylation sites is 1. The van der Waals surface area contributed by atoms with Crippen LogP contribution in [0.2, 0.25) is 0 Å². The van der Waals surface area contributed by atoms with Gasteiger partial charge >= 0.3 is 5.97 Å². The van der Waals surface area contributed by atoms with Gasteiger partial charge < -0.3 is 9.47 Å². The van der Waals surface area contributed by atoms with Gasteiger partial charge in [-0.05, 0) is 62.3 Å². The third-order valence-corrected chi connectivity index (χ3v) is 5.69. The lowest BCUT2D eigenvalue weighted by atomic mass is 9.96. The molecule has 1 fully saturated rings. The van der Waals surface area contributed by atoms with Crippen LogP contribution in [0.1, 0.15) is 18.4 Å². The Hall–Kier alpha value is -3.12. The molecule has 30 heavy (non-hydrogen) atoms. The van der Waals surface area contributed by atoms with Gasteiger partial charge in [0.2, 0.25) is 0 Å². The molecule has 1 aliphatic rings. The van der Waals surface area contributed by atoms with E-state index in [9.17, 15) is 4.79 Å². The average Bonchev–Trinajstić information content (AvgIpc) is 3.23. The topological polar surface area (TPSA) is 56.6 Å². The number of benzene rings is 2. The summed E-state index contributed by atoms with van der Waals surface area (Å²) in [6.45, 7) is 2.54. The molecular weight excluding hydrogens is 378 g/mol. The number of nitrogens with zero attached hydrogens (tertiary/aromatic N) is 3. The fourth-order valence-corrected chi connectivity index (χ4v) is 3.96. The summed E-state index contributed by atoms with van der Waals surface area (Å²) in [5.41, 5.74) is 4.23. The minimum Gasteiger partial charge on any atom is -0.497 e. The Kier molecular flexibility index (Phi) is 6.14. The molecule has 6 heteroatoms. The largest absolute Gasteiger partial charge is 0.497 e. The number of likely N-dealkylation sites (tertiary alicyclic amines) is 1. The summed E-state index contributed by atoms with van der Waals surface area (Å²) in [4.78, 5) is 14.2. The number of rotatable bonds is 6. The van der Waals surface area contributed by atoms with E-state index in [4.69, 9.17) is 14.6 Å². The van der Waals surface area contributed by atoms with Crippen LogP contribution in [0.3, 0.4) is 0 Å². The van der Waals surface area contributed by atoms with Crippen molar-refractivity contribution < 1.29 is 14.3 Å². The normalized spacial score (nSPS) is 15.1. The Morgan fingerprint density at radius 1 is 1.03 bits per heavy atom. The third kappa shape index (κ3) is 4.39. The maximum atomic E-state index is 11.8. The minimum atomic E-state index is -0.0922. The number of aromatic nitrogens is 2. The van der Waals surface area contributed by atoms with Crippen LogP contribution in [-0.2, 0) is 16.1 Å². The second-order valence-electron chi connectivity index (χ2n) is 7.59. The Balaban J connectivity index is 1.59. The highest BCUT2D eigenvalue weighted by molar-refractivity contribution is 5.72. The van der Waals surface area contributed by atoms with E-state index in [1.54, 1.807) is 7.11 Å². The predicted molar refractivity (Wildman–Crippen MR) is 116 cm³/mol. The lowest BCUT2D eigenvalue weighted by Gasteiger charge is -2.30. The van der Waals surface area contributed by atoms with Crippen molar-refractivity contribution in [3.05, 3.63) is 66.4 Å². The first-order valence-corrected chi connectivity index (χ1v) is 10.3. The van der Waals surface area contributed by atoms with E-state index >= 15 is 0 Å². The Morgan fingerprint density at radius 2 is 1.73 bits per heavy atom. The van der Waals surface area contributed by atoms with Gasteiger partial charge in [0, 0.05) is 23.9 Å². The molecule has 0 aliphatic carbocycles. The number of carbonyl (C=O) groups is 1. The molecular formula is C24H27N3O3. The van der Waals surface area contributed by atoms with Crippen molar-refractivity contribution in [2.75, 3.05) is 27.3 Å². The minimum absolute atomic E-state index is 0.0133. The molecule has 0 radical (unpaired) electrons. The van der Waals surface area contributed by atoms with Gasteiger partial charge in [-0.1, -0.05) is 18.2 Å². The number of hydrogen-bond donors (Lipinski definition) is 0. The van der Waals surface area contributed by atoms with Gasteiger partial charge in [0.25, 0.3) is 0 Å². The van der Waals surface area contributed by atoms with Crippen molar-refractivity contribution in [2.45, 2.75) is 19.4 Å². The van der Waals surface area contributed by atoms with E-state index in [2.05, 4.69) is 23.2 Å². The first-order valence-electron chi connectivity index (χ1n) is 10.3. The fourth-order valence-electron chi connectivity index (χ4n) is 3.96. The van der Waals surface area contributed by atoms with Gasteiger partial charge in [-0.25, -0.2) is 4.68 Å². The molecule has 0 spiro atoms. The van der Waals surface area contributed by atoms with Crippen molar-refractivity contribution in [1.82, 2.24) is 14.7 Å². The maximum Gasteiger partial charge on any atom is 0.308 e. The molecule has 0 unspecified atom stereocenters. The van der Waals surface area contributed by atoms with Gasteiger partial charge in [-0.15, -0.1) is 0 Å². The monoisotopic (exact) mass is 405 g/mol. The number of hydrogen-bond acceptors (Lipinski definition) is 5. The third-order valence-electron chi connectivity index (χ3n) is 5.69. The summed E-state index contributed by atoms with van der Waals surface area (Å²) < 4.78 is 12.1. The van der Waals surface area contributed by atoms with Crippen molar-refractivity contribution >= 4 is 5.97 Å². The zero-order chi connectivity index (χ0) is 20.9. The van der Waals surface area contributed by atoms with E-state index in [-0.39, 0.29) is 11.9 Å². The summed E-state index contributed by atoms with van der Waals surface area (Å²) in [5, 5.41) is 4.90. The van der Waals surface area contributed by atoms with E-state index in [0.717, 1.165) is 55.2 Å². The molecule has 4 rings (SSSR count). The van der Waals surface area contributed by atoms with Gasteiger partial charge in [0.1, 0.15) is 5.75 Å². The smallest absolute Gasteiger partial charge is 0.308 e. The zero-order valence-electron chi connectivity index (χ0n) is 17.5. The second-order valence-corrected chi connectivity index (χ2v) is 7.59. The molecule has 156 valence electrons. The maximum absolute atomic E-state index is 11.8. The highest BCUT2D eigenvalue weighted by Crippen LogP contribution is 2.28. The van der Waals surface area contributed by atoms with Gasteiger partial charge in [0.15, 0.2) is 0 Å². The summed E-state index contributed by atoms with van der Waals surface area (Å²) in [6.07, 6.45) is 3.77. The van der Waals surface area contributed by atoms with E-state index in [1.807, 2.05) is 47.1 Å². The number of piperidine rings is 1. The molecule has 0 N–H and O–H groups in total. The zero-order valence-corrected chi connectivity index (χ0v) is 17.5. The quantitative estimate of drug-likeness (QED) is 0.582. The van der Waals surface area contributed by atoms with Crippen molar-refractivity contribution in [3.63, 3.8) is 0 Å². The van der Waals surface area contributed by atoms with Crippen LogP contribution < -0.4 is 4.74 Å². The Morgan fingerprint density at radius 3 is 2.37 bits per heavy atom. The van der Waals surface area contributed by atoms with Crippen LogP contribution in [0.25, 0.3) is 16.9 Å². The van der Waals surface area contributed by atoms with E-state index < -0.39 is 0 Å². The average molecular weight is 405 g/mol. The van der Waals surface area contributed by atoms with E-state index in [1.165, 1.54) is 12.7 Å². The van der Waals surface area contributed by atoms with E-state index in [0.29, 0.717) is 0 Å². The Bertz CT molecular complexity index is 975. The summed E-state index contributed by atoms with van der Waals surface area (Å²) in [5.74, 6) is 0.748. The molecule has 0 saturated carbocycles. The molecule has 2 heterocycles. The SMILES string of the molecule is COC(=O)C1CCN(Cc2cn(-c3ccccc3)nc2-c2ccc(OC)cc2)CC1. The first kappa shape index (κ1) is 20.2. The highest BCUT2D eigenvalue weighted by Gasteiger charge is 2.26. The molecule has 0 atom stereocenters. The number of ether oxygens (including phenoxy) is 2. The van der Waals surface area contributed by atoms with Crippen LogP contribution in [0.4, 0.5) is 0 Å². The van der Waals surface area contributed by atoms with Crippen molar-refractivity contribution in [2.24, 2.45) is 5.92 Å². The summed E-state index contributed by atoms with van der Waals surface area (Å²) >= 11 is 0. The van der Waals surface area contributed by atoms with Crippen LogP contribution in [0.5, 0.6) is 5.75 Å². The lowest BCUT2D eigenvalue weighted by Crippen LogP contribution is -2.36. The molecule has 6 nitrogen and oxygen atoms in total. The highest BCUT2D eigenvalue weighted by atomic mass is 16.5. The molecule has 0 bridgehead atoms. The number of esters is 1. The van der Waals surface area contributed by atoms with Gasteiger partial charge in [0.05, 0.1) is 31.5 Å². The van der Waals surface area contributed by atoms with Crippen LogP contribution in [-0.4, -0.2) is 48.0 Å². The molecule has 2 aromatic carbocycles. The van der Waals surface area contributed by atoms with Crippen LogP contribution in [0, 0.1) is 5.92 Å². The lowest BCUT2D eigenvalue weighted by molar-refractivity contribution is -0.147. The summed E-state index contributed by atoms with van der Waals surface area (Å²) in [6, 6.07) is 18.2. The molecule has 3 aromatic rings. The van der Waals surface area contributed by atoms with Crippen LogP contribution in [0.15, 0.2) is 60.8 Å². The second kappa shape index (κ2) is 9.13. The molecule has 1 aromatic heterocycles. The number of methoxy groups -OCH3 is 2. The summed E-state index contributed by atoms with van der Waals surface area (Å²) in [7, 11) is 3.14. The van der Waals surface area contributed by atoms with Gasteiger partial charge in [-0.3, -0.25) is 9.69 Å². The molecule has 0 amide bonds. The van der Waals surface area contributed by atoms with Crippen molar-refractivity contribution in [1.29, 1.82) is 0 Å². The van der Waals surface area contributed by atoms with Gasteiger partial charge in [-0.2, -0.15) is 5.10 Å². The fraction of sp³-hybridized carbons (Fsp3) is 0.333. The standard InChI is InChI=1S/C24H27N3O3/c1-29-22-10-8-18(9-11-22)23-20(17-27(25-23)21-6-4-3-5-7-21)16-26-14-12-19(13-15-26)24(28)30-2/h3-11,17,19H,12-16H2,1-2H3. The first-order chi connectivity index (χ1) is 14.7.